The van der Waals surface area contributed by atoms with Crippen LogP contribution in [0.3, 0.4) is 0 Å². The van der Waals surface area contributed by atoms with Gasteiger partial charge in [-0.2, -0.15) is 0 Å². The van der Waals surface area contributed by atoms with Crippen molar-refractivity contribution >= 4 is 0 Å². The van der Waals surface area contributed by atoms with Gasteiger partial charge in [-0.05, 0) is 37.6 Å². The first-order chi connectivity index (χ1) is 14.6. The summed E-state index contributed by atoms with van der Waals surface area (Å²) < 4.78 is 13.4. The van der Waals surface area contributed by atoms with Crippen LogP contribution >= 0.6 is 0 Å². The zero-order valence-corrected chi connectivity index (χ0v) is 20.7. The minimum atomic E-state index is -0.454. The Morgan fingerprint density at radius 1 is 0.774 bits per heavy atom. The Bertz CT molecular complexity index is 693. The second kappa shape index (κ2) is 14.5. The van der Waals surface area contributed by atoms with Crippen molar-refractivity contribution in [2.75, 3.05) is 33.9 Å². The zero-order chi connectivity index (χ0) is 21.7. The Kier molecular flexibility index (Phi) is 12.9. The lowest BCUT2D eigenvalue weighted by Gasteiger charge is -2.48. The highest BCUT2D eigenvalue weighted by atomic mass is 35.5. The van der Waals surface area contributed by atoms with Crippen molar-refractivity contribution in [1.29, 1.82) is 0 Å². The van der Waals surface area contributed by atoms with Crippen molar-refractivity contribution in [3.8, 4) is 5.75 Å². The third kappa shape index (κ3) is 8.14. The number of likely N-dealkylation sites (N-methyl/N-ethyl adjacent to an activating group) is 1. The average molecular weight is 448 g/mol. The van der Waals surface area contributed by atoms with Crippen LogP contribution in [0.1, 0.15) is 64.4 Å². The predicted molar refractivity (Wildman–Crippen MR) is 127 cm³/mol. The number of unbranched alkanes of at least 4 members (excludes halogenated alkanes) is 5. The quantitative estimate of drug-likeness (QED) is 0.235. The van der Waals surface area contributed by atoms with E-state index in [1.54, 1.807) is 0 Å². The average Bonchev–Trinajstić information content (AvgIpc) is 2.76. The van der Waals surface area contributed by atoms with Gasteiger partial charge < -0.3 is 21.9 Å². The van der Waals surface area contributed by atoms with E-state index in [0.717, 1.165) is 42.8 Å². The molecule has 0 aromatic heterocycles. The Balaban J connectivity index is 0.00000480. The number of hydrogen-bond acceptors (Lipinski definition) is 2. The molecule has 174 valence electrons. The molecule has 0 N–H and O–H groups in total. The van der Waals surface area contributed by atoms with Crippen LogP contribution in [0.2, 0.25) is 0 Å². The zero-order valence-electron chi connectivity index (χ0n) is 20.0. The van der Waals surface area contributed by atoms with Gasteiger partial charge in [-0.1, -0.05) is 75.4 Å². The maximum absolute atomic E-state index is 6.93. The molecule has 0 heterocycles. The number of nitrogens with zero attached hydrogens (tertiary/aromatic N) is 1. The molecule has 0 amide bonds. The minimum Gasteiger partial charge on any atom is -1.00 e. The predicted octanol–water partition coefficient (Wildman–Crippen LogP) is 3.79. The summed E-state index contributed by atoms with van der Waals surface area (Å²) in [5.41, 5.74) is 0.786. The highest BCUT2D eigenvalue weighted by Crippen LogP contribution is 2.40. The molecule has 1 unspecified atom stereocenters. The molecule has 0 aliphatic carbocycles. The largest absolute Gasteiger partial charge is 1.00 e. The fraction of sp³-hybridized carbons (Fsp3) is 0.556. The van der Waals surface area contributed by atoms with Gasteiger partial charge in [0, 0.05) is 13.0 Å². The van der Waals surface area contributed by atoms with E-state index in [2.05, 4.69) is 82.5 Å². The van der Waals surface area contributed by atoms with Gasteiger partial charge in [0.25, 0.3) is 5.72 Å². The number of benzene rings is 2. The first-order valence-corrected chi connectivity index (χ1v) is 11.8. The molecule has 4 heteroatoms. The lowest BCUT2D eigenvalue weighted by atomic mass is 9.92. The Morgan fingerprint density at radius 2 is 1.35 bits per heavy atom. The molecule has 0 spiro atoms. The second-order valence-corrected chi connectivity index (χ2v) is 8.69. The van der Waals surface area contributed by atoms with Crippen LogP contribution in [0, 0.1) is 0 Å². The number of hydrogen-bond donors (Lipinski definition) is 0. The minimum absolute atomic E-state index is 0. The van der Waals surface area contributed by atoms with E-state index >= 15 is 0 Å². The van der Waals surface area contributed by atoms with Crippen LogP contribution in [-0.2, 0) is 10.5 Å². The fourth-order valence-electron chi connectivity index (χ4n) is 4.17. The molecule has 3 nitrogen and oxygen atoms in total. The van der Waals surface area contributed by atoms with Crippen LogP contribution in [0.5, 0.6) is 5.75 Å². The van der Waals surface area contributed by atoms with Crippen LogP contribution in [0.4, 0.5) is 0 Å². The number of halogens is 1. The van der Waals surface area contributed by atoms with Gasteiger partial charge in [-0.3, -0.25) is 4.48 Å². The molecule has 0 saturated heterocycles. The second-order valence-electron chi connectivity index (χ2n) is 8.69. The maximum atomic E-state index is 6.93. The van der Waals surface area contributed by atoms with Crippen LogP contribution in [-0.4, -0.2) is 38.3 Å². The summed E-state index contributed by atoms with van der Waals surface area (Å²) in [7, 11) is 4.57. The van der Waals surface area contributed by atoms with E-state index in [0.29, 0.717) is 0 Å². The molecule has 0 aliphatic heterocycles. The molecule has 0 bridgehead atoms. The van der Waals surface area contributed by atoms with E-state index in [-0.39, 0.29) is 12.4 Å². The van der Waals surface area contributed by atoms with Crippen LogP contribution < -0.4 is 17.1 Å². The van der Waals surface area contributed by atoms with Crippen molar-refractivity contribution in [3.05, 3.63) is 66.2 Å². The molecule has 0 aliphatic rings. The molecule has 2 rings (SSSR count). The van der Waals surface area contributed by atoms with E-state index in [4.69, 9.17) is 9.47 Å². The molecule has 31 heavy (non-hydrogen) atoms. The van der Waals surface area contributed by atoms with Crippen LogP contribution in [0.25, 0.3) is 0 Å². The van der Waals surface area contributed by atoms with Crippen molar-refractivity contribution in [2.24, 2.45) is 0 Å². The maximum Gasteiger partial charge on any atom is 0.269 e. The summed E-state index contributed by atoms with van der Waals surface area (Å²) in [5, 5.41) is 0. The van der Waals surface area contributed by atoms with Gasteiger partial charge in [0.15, 0.2) is 0 Å². The first-order valence-electron chi connectivity index (χ1n) is 11.8. The van der Waals surface area contributed by atoms with E-state index in [1.165, 1.54) is 37.7 Å². The molecular formula is C27H42ClNO2. The number of ether oxygens (including phenoxy) is 2. The van der Waals surface area contributed by atoms with E-state index in [1.807, 2.05) is 6.07 Å². The fourth-order valence-corrected chi connectivity index (χ4v) is 4.17. The molecule has 0 saturated carbocycles. The van der Waals surface area contributed by atoms with Gasteiger partial charge in [-0.15, -0.1) is 0 Å². The number of para-hydroxylation sites is 1. The van der Waals surface area contributed by atoms with Gasteiger partial charge in [-0.25, -0.2) is 0 Å². The Labute approximate surface area is 196 Å². The Hall–Kier alpha value is -1.55. The van der Waals surface area contributed by atoms with Crippen molar-refractivity contribution in [1.82, 2.24) is 0 Å². The van der Waals surface area contributed by atoms with Crippen LogP contribution in [0.15, 0.2) is 60.7 Å². The molecule has 1 atom stereocenters. The Morgan fingerprint density at radius 3 is 1.97 bits per heavy atom. The van der Waals surface area contributed by atoms with Crippen molar-refractivity contribution in [3.63, 3.8) is 0 Å². The summed E-state index contributed by atoms with van der Waals surface area (Å²) in [6.07, 6.45) is 8.64. The summed E-state index contributed by atoms with van der Waals surface area (Å²) in [5.74, 6) is 0.926. The third-order valence-electron chi connectivity index (χ3n) is 6.10. The van der Waals surface area contributed by atoms with Gasteiger partial charge in [0.1, 0.15) is 12.3 Å². The molecule has 2 aromatic rings. The van der Waals surface area contributed by atoms with Crippen molar-refractivity contribution in [2.45, 2.75) is 64.5 Å². The van der Waals surface area contributed by atoms with Crippen molar-refractivity contribution < 1.29 is 26.4 Å². The highest BCUT2D eigenvalue weighted by molar-refractivity contribution is 5.26. The SMILES string of the molecule is CCCCCCCCC(Oc1ccccc1)(c1ccccc1)[N+](C)(C)CCOCC.[Cl-]. The topological polar surface area (TPSA) is 18.5 Å². The first kappa shape index (κ1) is 27.5. The standard InChI is InChI=1S/C27H42NO2.ClH/c1-5-7-8-9-10-17-22-27(25-18-13-11-14-19-25,28(3,4)23-24-29-6-2)30-26-20-15-12-16-21-26;/h11-16,18-21H,5-10,17,22-24H2,1-4H3;1H/q+1;/p-1. The monoisotopic (exact) mass is 447 g/mol. The number of quaternary nitrogens is 1. The third-order valence-corrected chi connectivity index (χ3v) is 6.10. The molecule has 2 aromatic carbocycles. The highest BCUT2D eigenvalue weighted by Gasteiger charge is 2.49. The van der Waals surface area contributed by atoms with Gasteiger partial charge >= 0.3 is 0 Å². The summed E-state index contributed by atoms with van der Waals surface area (Å²) >= 11 is 0. The summed E-state index contributed by atoms with van der Waals surface area (Å²) in [6, 6.07) is 21.1. The lowest BCUT2D eigenvalue weighted by molar-refractivity contribution is -0.972. The van der Waals surface area contributed by atoms with E-state index in [9.17, 15) is 0 Å². The summed E-state index contributed by atoms with van der Waals surface area (Å²) in [6.45, 7) is 6.70. The van der Waals surface area contributed by atoms with Gasteiger partial charge in [0.2, 0.25) is 0 Å². The number of rotatable bonds is 15. The summed E-state index contributed by atoms with van der Waals surface area (Å²) in [4.78, 5) is 0. The molecular weight excluding hydrogens is 406 g/mol. The lowest BCUT2D eigenvalue weighted by Crippen LogP contribution is -3.00. The van der Waals surface area contributed by atoms with Gasteiger partial charge in [0.05, 0.1) is 26.3 Å². The molecule has 0 radical (unpaired) electrons. The smallest absolute Gasteiger partial charge is 0.269 e. The normalized spacial score (nSPS) is 13.3. The molecule has 0 fully saturated rings. The van der Waals surface area contributed by atoms with E-state index < -0.39 is 5.72 Å².